The normalized spacial score (nSPS) is 39.6. The van der Waals surface area contributed by atoms with Crippen LogP contribution in [0.25, 0.3) is 0 Å². The third-order valence-electron chi connectivity index (χ3n) is 3.84. The average molecular weight is 208 g/mol. The molecule has 2 heteroatoms. The Morgan fingerprint density at radius 2 is 2.13 bits per heavy atom. The van der Waals surface area contributed by atoms with Gasteiger partial charge in [0.1, 0.15) is 5.78 Å². The topological polar surface area (TPSA) is 37.3 Å². The lowest BCUT2D eigenvalue weighted by Gasteiger charge is -2.41. The smallest absolute Gasteiger partial charge is 0.142 e. The Hall–Kier alpha value is -0.630. The van der Waals surface area contributed by atoms with Gasteiger partial charge in [0, 0.05) is 6.42 Å². The number of Topliss-reactive ketones (excluding diaryl/α,β-unsaturated/α-hetero) is 1. The standard InChI is InChI=1S/C13H20O2/c1-9-6-12(2,3)8-13(7-9)10(14)4-5-11(13)15/h6,10,14H,4-5,7-8H2,1-3H3/t10-,13-/m1/s1. The number of hydrogen-bond donors (Lipinski definition) is 1. The summed E-state index contributed by atoms with van der Waals surface area (Å²) in [5.41, 5.74) is 0.839. The van der Waals surface area contributed by atoms with Crippen LogP contribution in [0.5, 0.6) is 0 Å². The minimum atomic E-state index is -0.456. The van der Waals surface area contributed by atoms with E-state index in [1.165, 1.54) is 5.57 Å². The monoisotopic (exact) mass is 208 g/mol. The molecule has 2 rings (SSSR count). The molecule has 0 radical (unpaired) electrons. The second kappa shape index (κ2) is 3.18. The van der Waals surface area contributed by atoms with Gasteiger partial charge >= 0.3 is 0 Å². The molecule has 2 aliphatic carbocycles. The van der Waals surface area contributed by atoms with Crippen molar-refractivity contribution in [3.8, 4) is 0 Å². The summed E-state index contributed by atoms with van der Waals surface area (Å²) in [4.78, 5) is 12.0. The van der Waals surface area contributed by atoms with E-state index in [0.29, 0.717) is 12.8 Å². The van der Waals surface area contributed by atoms with Crippen molar-refractivity contribution >= 4 is 5.78 Å². The number of aliphatic hydroxyl groups excluding tert-OH is 1. The van der Waals surface area contributed by atoms with E-state index < -0.39 is 11.5 Å². The highest BCUT2D eigenvalue weighted by Gasteiger charge is 2.52. The highest BCUT2D eigenvalue weighted by molar-refractivity contribution is 5.88. The van der Waals surface area contributed by atoms with Crippen LogP contribution in [0.15, 0.2) is 11.6 Å². The molecular formula is C13H20O2. The largest absolute Gasteiger partial charge is 0.392 e. The maximum atomic E-state index is 12.0. The average Bonchev–Trinajstić information content (AvgIpc) is 2.30. The van der Waals surface area contributed by atoms with Crippen LogP contribution < -0.4 is 0 Å². The van der Waals surface area contributed by atoms with Crippen molar-refractivity contribution in [2.75, 3.05) is 0 Å². The lowest BCUT2D eigenvalue weighted by Crippen LogP contribution is -2.42. The Morgan fingerprint density at radius 1 is 1.47 bits per heavy atom. The van der Waals surface area contributed by atoms with Crippen LogP contribution >= 0.6 is 0 Å². The van der Waals surface area contributed by atoms with Gasteiger partial charge < -0.3 is 5.11 Å². The molecule has 15 heavy (non-hydrogen) atoms. The van der Waals surface area contributed by atoms with E-state index in [1.807, 2.05) is 0 Å². The fraction of sp³-hybridized carbons (Fsp3) is 0.769. The highest BCUT2D eigenvalue weighted by atomic mass is 16.3. The molecule has 2 atom stereocenters. The van der Waals surface area contributed by atoms with E-state index in [0.717, 1.165) is 12.8 Å². The van der Waals surface area contributed by atoms with Crippen molar-refractivity contribution < 1.29 is 9.90 Å². The molecule has 1 N–H and O–H groups in total. The van der Waals surface area contributed by atoms with Crippen LogP contribution in [-0.4, -0.2) is 17.0 Å². The molecule has 1 fully saturated rings. The first-order chi connectivity index (χ1) is 6.86. The van der Waals surface area contributed by atoms with Crippen LogP contribution in [0.1, 0.15) is 46.5 Å². The highest BCUT2D eigenvalue weighted by Crippen LogP contribution is 2.52. The van der Waals surface area contributed by atoms with Gasteiger partial charge in [0.05, 0.1) is 11.5 Å². The predicted octanol–water partition coefficient (Wildman–Crippen LogP) is 2.46. The van der Waals surface area contributed by atoms with Crippen molar-refractivity contribution in [1.82, 2.24) is 0 Å². The lowest BCUT2D eigenvalue weighted by atomic mass is 9.63. The zero-order valence-electron chi connectivity index (χ0n) is 9.84. The molecule has 84 valence electrons. The second-order valence-electron chi connectivity index (χ2n) is 5.97. The van der Waals surface area contributed by atoms with Crippen molar-refractivity contribution in [3.05, 3.63) is 11.6 Å². The van der Waals surface area contributed by atoms with Gasteiger partial charge in [-0.2, -0.15) is 0 Å². The summed E-state index contributed by atoms with van der Waals surface area (Å²) < 4.78 is 0. The van der Waals surface area contributed by atoms with Crippen LogP contribution in [0.3, 0.4) is 0 Å². The molecule has 2 aliphatic rings. The van der Waals surface area contributed by atoms with Gasteiger partial charge in [-0.15, -0.1) is 0 Å². The number of carbonyl (C=O) groups is 1. The summed E-state index contributed by atoms with van der Waals surface area (Å²) in [6.45, 7) is 6.37. The lowest BCUT2D eigenvalue weighted by molar-refractivity contribution is -0.131. The molecule has 0 amide bonds. The Kier molecular flexibility index (Phi) is 2.30. The SMILES string of the molecule is CC1=CC(C)(C)C[C@@]2(C1)C(=O)CC[C@H]2O. The van der Waals surface area contributed by atoms with Gasteiger partial charge in [0.15, 0.2) is 0 Å². The molecule has 0 bridgehead atoms. The Bertz CT molecular complexity index is 327. The van der Waals surface area contributed by atoms with E-state index in [4.69, 9.17) is 0 Å². The zero-order valence-corrected chi connectivity index (χ0v) is 9.84. The fourth-order valence-electron chi connectivity index (χ4n) is 3.55. The van der Waals surface area contributed by atoms with Crippen LogP contribution in [-0.2, 0) is 4.79 Å². The van der Waals surface area contributed by atoms with Gasteiger partial charge in [-0.25, -0.2) is 0 Å². The third-order valence-corrected chi connectivity index (χ3v) is 3.84. The van der Waals surface area contributed by atoms with Gasteiger partial charge in [-0.1, -0.05) is 25.5 Å². The van der Waals surface area contributed by atoms with Gasteiger partial charge in [0.25, 0.3) is 0 Å². The first-order valence-corrected chi connectivity index (χ1v) is 5.75. The zero-order chi connectivity index (χ0) is 11.3. The molecule has 0 aromatic rings. The van der Waals surface area contributed by atoms with E-state index >= 15 is 0 Å². The summed E-state index contributed by atoms with van der Waals surface area (Å²) >= 11 is 0. The predicted molar refractivity (Wildman–Crippen MR) is 59.5 cm³/mol. The molecule has 0 unspecified atom stereocenters. The molecule has 0 aliphatic heterocycles. The number of rotatable bonds is 0. The summed E-state index contributed by atoms with van der Waals surface area (Å²) in [5.74, 6) is 0.274. The molecule has 0 saturated heterocycles. The Labute approximate surface area is 91.4 Å². The number of allylic oxidation sites excluding steroid dienone is 2. The molecule has 0 heterocycles. The van der Waals surface area contributed by atoms with Crippen LogP contribution in [0, 0.1) is 10.8 Å². The Balaban J connectivity index is 2.39. The number of aliphatic hydroxyl groups is 1. The van der Waals surface area contributed by atoms with E-state index in [-0.39, 0.29) is 11.2 Å². The molecule has 0 aromatic carbocycles. The summed E-state index contributed by atoms with van der Waals surface area (Å²) in [6.07, 6.45) is 4.60. The van der Waals surface area contributed by atoms with Gasteiger partial charge in [0.2, 0.25) is 0 Å². The van der Waals surface area contributed by atoms with Crippen molar-refractivity contribution in [3.63, 3.8) is 0 Å². The number of ketones is 1. The summed E-state index contributed by atoms with van der Waals surface area (Å²) in [6, 6.07) is 0. The summed E-state index contributed by atoms with van der Waals surface area (Å²) in [5, 5.41) is 10.1. The van der Waals surface area contributed by atoms with E-state index in [2.05, 4.69) is 26.8 Å². The minimum Gasteiger partial charge on any atom is -0.392 e. The Morgan fingerprint density at radius 3 is 2.60 bits per heavy atom. The second-order valence-corrected chi connectivity index (χ2v) is 5.97. The number of carbonyl (C=O) groups excluding carboxylic acids is 1. The minimum absolute atomic E-state index is 0.0450. The molecule has 1 spiro atoms. The fourth-order valence-corrected chi connectivity index (χ4v) is 3.55. The number of hydrogen-bond acceptors (Lipinski definition) is 2. The maximum Gasteiger partial charge on any atom is 0.142 e. The molecule has 0 aromatic heterocycles. The molecular weight excluding hydrogens is 188 g/mol. The summed E-state index contributed by atoms with van der Waals surface area (Å²) in [7, 11) is 0. The van der Waals surface area contributed by atoms with Crippen LogP contribution in [0.2, 0.25) is 0 Å². The van der Waals surface area contributed by atoms with Gasteiger partial charge in [-0.3, -0.25) is 4.79 Å². The van der Waals surface area contributed by atoms with E-state index in [9.17, 15) is 9.90 Å². The van der Waals surface area contributed by atoms with Crippen molar-refractivity contribution in [1.29, 1.82) is 0 Å². The third kappa shape index (κ3) is 1.65. The molecule has 1 saturated carbocycles. The first kappa shape index (κ1) is 10.9. The first-order valence-electron chi connectivity index (χ1n) is 5.75. The van der Waals surface area contributed by atoms with Crippen LogP contribution in [0.4, 0.5) is 0 Å². The van der Waals surface area contributed by atoms with Crippen molar-refractivity contribution in [2.45, 2.75) is 52.6 Å². The van der Waals surface area contributed by atoms with Gasteiger partial charge in [-0.05, 0) is 31.6 Å². The van der Waals surface area contributed by atoms with Crippen molar-refractivity contribution in [2.24, 2.45) is 10.8 Å². The van der Waals surface area contributed by atoms with E-state index in [1.54, 1.807) is 0 Å². The molecule has 2 nitrogen and oxygen atoms in total. The maximum absolute atomic E-state index is 12.0. The quantitative estimate of drug-likeness (QED) is 0.621.